The molecule has 0 aliphatic carbocycles. The third kappa shape index (κ3) is 4.12. The number of ketones is 1. The van der Waals surface area contributed by atoms with Crippen molar-refractivity contribution in [3.8, 4) is 22.8 Å². The normalized spacial score (nSPS) is 14.1. The van der Waals surface area contributed by atoms with Crippen LogP contribution in [-0.2, 0) is 0 Å². The first kappa shape index (κ1) is 20.3. The van der Waals surface area contributed by atoms with Crippen molar-refractivity contribution in [3.05, 3.63) is 83.9 Å². The van der Waals surface area contributed by atoms with E-state index in [-0.39, 0.29) is 11.5 Å². The number of carbonyl (C=O) groups is 1. The zero-order chi connectivity index (χ0) is 21.9. The van der Waals surface area contributed by atoms with Crippen LogP contribution in [0.3, 0.4) is 0 Å². The van der Waals surface area contributed by atoms with Crippen LogP contribution in [0.5, 0.6) is 11.5 Å². The summed E-state index contributed by atoms with van der Waals surface area (Å²) in [4.78, 5) is 15.9. The van der Waals surface area contributed by atoms with Gasteiger partial charge in [0.15, 0.2) is 5.78 Å². The van der Waals surface area contributed by atoms with Gasteiger partial charge in [0, 0.05) is 23.1 Å². The molecule has 1 aliphatic rings. The lowest BCUT2D eigenvalue weighted by atomic mass is 9.97. The highest BCUT2D eigenvalue weighted by atomic mass is 16.5. The molecule has 0 atom stereocenters. The molecule has 2 heterocycles. The smallest absolute Gasteiger partial charge is 0.197 e. The summed E-state index contributed by atoms with van der Waals surface area (Å²) in [7, 11) is 0. The van der Waals surface area contributed by atoms with Gasteiger partial charge >= 0.3 is 0 Å². The molecule has 1 saturated heterocycles. The van der Waals surface area contributed by atoms with Gasteiger partial charge < -0.3 is 14.3 Å². The van der Waals surface area contributed by atoms with Gasteiger partial charge in [0.05, 0.1) is 5.56 Å². The predicted molar refractivity (Wildman–Crippen MR) is 124 cm³/mol. The lowest BCUT2D eigenvalue weighted by Crippen LogP contribution is -2.25. The van der Waals surface area contributed by atoms with Crippen LogP contribution in [0.2, 0.25) is 0 Å². The lowest BCUT2D eigenvalue weighted by molar-refractivity contribution is 0.104. The van der Waals surface area contributed by atoms with Crippen LogP contribution in [0.1, 0.15) is 28.8 Å². The largest absolute Gasteiger partial charge is 0.508 e. The number of nitrogens with zero attached hydrogens (tertiary/aromatic N) is 1. The van der Waals surface area contributed by atoms with Crippen LogP contribution >= 0.6 is 0 Å². The fourth-order valence-electron chi connectivity index (χ4n) is 4.23. The average Bonchev–Trinajstić information content (AvgIpc) is 3.47. The third-order valence-electron chi connectivity index (χ3n) is 5.94. The molecule has 0 amide bonds. The molecule has 1 N–H and O–H groups in total. The van der Waals surface area contributed by atoms with Crippen molar-refractivity contribution < 1.29 is 19.1 Å². The van der Waals surface area contributed by atoms with Crippen molar-refractivity contribution in [1.82, 2.24) is 4.90 Å². The summed E-state index contributed by atoms with van der Waals surface area (Å²) in [5.41, 5.74) is 2.49. The highest BCUT2D eigenvalue weighted by Crippen LogP contribution is 2.36. The second-order valence-electron chi connectivity index (χ2n) is 8.10. The van der Waals surface area contributed by atoms with E-state index in [1.165, 1.54) is 12.8 Å². The Labute approximate surface area is 186 Å². The number of carbonyl (C=O) groups excluding carboxylic acids is 1. The second kappa shape index (κ2) is 8.89. The molecule has 5 rings (SSSR count). The van der Waals surface area contributed by atoms with Gasteiger partial charge in [-0.15, -0.1) is 0 Å². The average molecular weight is 428 g/mol. The summed E-state index contributed by atoms with van der Waals surface area (Å²) in [5, 5.41) is 10.4. The summed E-state index contributed by atoms with van der Waals surface area (Å²) in [5.74, 6) is 1.32. The van der Waals surface area contributed by atoms with Crippen molar-refractivity contribution in [2.45, 2.75) is 12.8 Å². The van der Waals surface area contributed by atoms with Crippen molar-refractivity contribution in [2.24, 2.45) is 0 Å². The molecule has 0 unspecified atom stereocenters. The topological polar surface area (TPSA) is 62.9 Å². The highest BCUT2D eigenvalue weighted by Gasteiger charge is 2.23. The fraction of sp³-hybridized carbons (Fsp3) is 0.222. The zero-order valence-corrected chi connectivity index (χ0v) is 17.8. The van der Waals surface area contributed by atoms with Gasteiger partial charge in [0.2, 0.25) is 0 Å². The molecule has 0 saturated carbocycles. The molecule has 1 fully saturated rings. The monoisotopic (exact) mass is 427 g/mol. The van der Waals surface area contributed by atoms with Gasteiger partial charge in [-0.1, -0.05) is 18.2 Å². The first-order chi connectivity index (χ1) is 15.7. The number of ether oxygens (including phenoxy) is 1. The summed E-state index contributed by atoms with van der Waals surface area (Å²) in [6.45, 7) is 3.87. The Morgan fingerprint density at radius 1 is 0.938 bits per heavy atom. The molecule has 1 aromatic heterocycles. The van der Waals surface area contributed by atoms with Gasteiger partial charge in [-0.3, -0.25) is 9.69 Å². The Bertz CT molecular complexity index is 1220. The standard InChI is InChI=1S/C27H25NO4/c29-21-11-7-20(8-12-21)27-25(23-5-1-2-6-24(23)32-27)26(30)19-9-13-22(14-10-19)31-18-17-28-15-3-4-16-28/h1-2,5-14,29H,3-4,15-18H2. The zero-order valence-electron chi connectivity index (χ0n) is 17.8. The van der Waals surface area contributed by atoms with E-state index >= 15 is 0 Å². The Morgan fingerprint density at radius 3 is 2.41 bits per heavy atom. The minimum atomic E-state index is -0.110. The van der Waals surface area contributed by atoms with Crippen LogP contribution in [0, 0.1) is 0 Å². The molecule has 1 aliphatic heterocycles. The maximum atomic E-state index is 13.5. The Balaban J connectivity index is 1.40. The number of fused-ring (bicyclic) bond motifs is 1. The summed E-state index contributed by atoms with van der Waals surface area (Å²) < 4.78 is 11.9. The number of phenolic OH excluding ortho intramolecular Hbond substituents is 1. The van der Waals surface area contributed by atoms with Crippen LogP contribution in [0.4, 0.5) is 0 Å². The number of phenols is 1. The molecular formula is C27H25NO4. The van der Waals surface area contributed by atoms with Crippen LogP contribution < -0.4 is 4.74 Å². The quantitative estimate of drug-likeness (QED) is 0.394. The van der Waals surface area contributed by atoms with E-state index in [4.69, 9.17) is 9.15 Å². The fourth-order valence-corrected chi connectivity index (χ4v) is 4.23. The van der Waals surface area contributed by atoms with Gasteiger partial charge in [-0.05, 0) is 80.5 Å². The number of likely N-dealkylation sites (tertiary alicyclic amines) is 1. The number of aromatic hydroxyl groups is 1. The number of rotatable bonds is 7. The second-order valence-corrected chi connectivity index (χ2v) is 8.10. The molecule has 0 bridgehead atoms. The number of para-hydroxylation sites is 1. The van der Waals surface area contributed by atoms with Crippen LogP contribution in [0.25, 0.3) is 22.3 Å². The molecule has 3 aromatic carbocycles. The van der Waals surface area contributed by atoms with Crippen molar-refractivity contribution in [3.63, 3.8) is 0 Å². The van der Waals surface area contributed by atoms with E-state index in [0.717, 1.165) is 36.3 Å². The molecule has 4 aromatic rings. The minimum absolute atomic E-state index is 0.110. The molecule has 162 valence electrons. The number of hydrogen-bond acceptors (Lipinski definition) is 5. The number of benzene rings is 3. The maximum absolute atomic E-state index is 13.5. The van der Waals surface area contributed by atoms with Crippen molar-refractivity contribution in [2.75, 3.05) is 26.2 Å². The third-order valence-corrected chi connectivity index (χ3v) is 5.94. The van der Waals surface area contributed by atoms with Gasteiger partial charge in [-0.2, -0.15) is 0 Å². The van der Waals surface area contributed by atoms with E-state index in [1.54, 1.807) is 36.4 Å². The van der Waals surface area contributed by atoms with Gasteiger partial charge in [0.1, 0.15) is 29.4 Å². The molecule has 0 radical (unpaired) electrons. The van der Waals surface area contributed by atoms with E-state index < -0.39 is 0 Å². The summed E-state index contributed by atoms with van der Waals surface area (Å²) in [6, 6.07) is 21.5. The molecule has 32 heavy (non-hydrogen) atoms. The molecule has 0 spiro atoms. The Kier molecular flexibility index (Phi) is 5.65. The number of hydrogen-bond donors (Lipinski definition) is 1. The van der Waals surface area contributed by atoms with Crippen LogP contribution in [-0.4, -0.2) is 42.0 Å². The summed E-state index contributed by atoms with van der Waals surface area (Å²) in [6.07, 6.45) is 2.54. The lowest BCUT2D eigenvalue weighted by Gasteiger charge is -2.15. The van der Waals surface area contributed by atoms with E-state index in [0.29, 0.717) is 29.1 Å². The van der Waals surface area contributed by atoms with Crippen molar-refractivity contribution in [1.29, 1.82) is 0 Å². The Morgan fingerprint density at radius 2 is 1.66 bits per heavy atom. The SMILES string of the molecule is O=C(c1ccc(OCCN2CCCC2)cc1)c1c(-c2ccc(O)cc2)oc2ccccc12. The van der Waals surface area contributed by atoms with Gasteiger partial charge in [-0.25, -0.2) is 0 Å². The van der Waals surface area contributed by atoms with Gasteiger partial charge in [0.25, 0.3) is 0 Å². The molecule has 5 heteroatoms. The Hall–Kier alpha value is -3.57. The van der Waals surface area contributed by atoms with Crippen molar-refractivity contribution >= 4 is 16.8 Å². The first-order valence-electron chi connectivity index (χ1n) is 11.0. The minimum Gasteiger partial charge on any atom is -0.508 e. The number of furan rings is 1. The summed E-state index contributed by atoms with van der Waals surface area (Å²) >= 11 is 0. The molecular weight excluding hydrogens is 402 g/mol. The van der Waals surface area contributed by atoms with E-state index in [1.807, 2.05) is 36.4 Å². The molecule has 5 nitrogen and oxygen atoms in total. The maximum Gasteiger partial charge on any atom is 0.197 e. The predicted octanol–water partition coefficient (Wildman–Crippen LogP) is 5.51. The highest BCUT2D eigenvalue weighted by molar-refractivity contribution is 6.19. The van der Waals surface area contributed by atoms with Crippen LogP contribution in [0.15, 0.2) is 77.2 Å². The van der Waals surface area contributed by atoms with E-state index in [9.17, 15) is 9.90 Å². The first-order valence-corrected chi connectivity index (χ1v) is 11.0. The van der Waals surface area contributed by atoms with E-state index in [2.05, 4.69) is 4.90 Å².